The van der Waals surface area contributed by atoms with Crippen LogP contribution in [0.15, 0.2) is 24.3 Å². The van der Waals surface area contributed by atoms with Crippen LogP contribution in [-0.4, -0.2) is 44.2 Å². The summed E-state index contributed by atoms with van der Waals surface area (Å²) >= 11 is 0. The highest BCUT2D eigenvalue weighted by Crippen LogP contribution is 2.33. The monoisotopic (exact) mass is 290 g/mol. The minimum absolute atomic E-state index is 0.538. The average Bonchev–Trinajstić information content (AvgIpc) is 2.47. The molecule has 1 fully saturated rings. The topological polar surface area (TPSA) is 24.5 Å². The third kappa shape index (κ3) is 3.98. The van der Waals surface area contributed by atoms with Crippen molar-refractivity contribution in [1.29, 1.82) is 0 Å². The molecule has 0 aliphatic heterocycles. The minimum Gasteiger partial charge on any atom is -0.496 e. The lowest BCUT2D eigenvalue weighted by atomic mass is 9.78. The molecule has 1 N–H and O–H groups in total. The smallest absolute Gasteiger partial charge is 0.122 e. The van der Waals surface area contributed by atoms with Gasteiger partial charge in [0.15, 0.2) is 0 Å². The van der Waals surface area contributed by atoms with E-state index < -0.39 is 0 Å². The quantitative estimate of drug-likeness (QED) is 0.796. The molecule has 0 saturated heterocycles. The van der Waals surface area contributed by atoms with E-state index in [9.17, 15) is 0 Å². The summed E-state index contributed by atoms with van der Waals surface area (Å²) < 4.78 is 5.47. The molecule has 1 aromatic carbocycles. The SMILES string of the molecule is CCNCC1CCC1N(C)C(C)Cc1ccccc1OC. The van der Waals surface area contributed by atoms with E-state index in [1.165, 1.54) is 18.4 Å². The zero-order valence-corrected chi connectivity index (χ0v) is 13.9. The maximum absolute atomic E-state index is 5.47. The molecule has 0 spiro atoms. The molecule has 21 heavy (non-hydrogen) atoms. The van der Waals surface area contributed by atoms with Gasteiger partial charge in [-0.05, 0) is 63.9 Å². The van der Waals surface area contributed by atoms with Crippen LogP contribution in [0, 0.1) is 5.92 Å². The van der Waals surface area contributed by atoms with E-state index in [0.717, 1.165) is 37.2 Å². The maximum Gasteiger partial charge on any atom is 0.122 e. The second-order valence-electron chi connectivity index (χ2n) is 6.24. The second kappa shape index (κ2) is 7.81. The van der Waals surface area contributed by atoms with Gasteiger partial charge in [0.2, 0.25) is 0 Å². The van der Waals surface area contributed by atoms with Crippen LogP contribution in [0.3, 0.4) is 0 Å². The van der Waals surface area contributed by atoms with Gasteiger partial charge in [-0.3, -0.25) is 0 Å². The fourth-order valence-electron chi connectivity index (χ4n) is 3.32. The highest BCUT2D eigenvalue weighted by molar-refractivity contribution is 5.33. The van der Waals surface area contributed by atoms with Crippen LogP contribution >= 0.6 is 0 Å². The summed E-state index contributed by atoms with van der Waals surface area (Å²) in [6.45, 7) is 6.74. The molecule has 1 aliphatic carbocycles. The molecular formula is C18H30N2O. The second-order valence-corrected chi connectivity index (χ2v) is 6.24. The van der Waals surface area contributed by atoms with Gasteiger partial charge >= 0.3 is 0 Å². The van der Waals surface area contributed by atoms with E-state index in [0.29, 0.717) is 6.04 Å². The first kappa shape index (κ1) is 16.3. The summed E-state index contributed by atoms with van der Waals surface area (Å²) in [6, 6.07) is 9.64. The van der Waals surface area contributed by atoms with E-state index in [1.54, 1.807) is 7.11 Å². The van der Waals surface area contributed by atoms with E-state index in [2.05, 4.69) is 49.3 Å². The maximum atomic E-state index is 5.47. The Bertz CT molecular complexity index is 435. The largest absolute Gasteiger partial charge is 0.496 e. The number of para-hydroxylation sites is 1. The Morgan fingerprint density at radius 3 is 2.71 bits per heavy atom. The van der Waals surface area contributed by atoms with Crippen molar-refractivity contribution >= 4 is 0 Å². The Kier molecular flexibility index (Phi) is 6.07. The lowest BCUT2D eigenvalue weighted by molar-refractivity contribution is 0.0554. The van der Waals surface area contributed by atoms with Crippen molar-refractivity contribution in [3.63, 3.8) is 0 Å². The molecule has 118 valence electrons. The molecule has 3 heteroatoms. The van der Waals surface area contributed by atoms with Gasteiger partial charge in [0.25, 0.3) is 0 Å². The Balaban J connectivity index is 1.92. The number of ether oxygens (including phenoxy) is 1. The Labute approximate surface area is 129 Å². The number of rotatable bonds is 8. The number of nitrogens with zero attached hydrogens (tertiary/aromatic N) is 1. The van der Waals surface area contributed by atoms with Crippen molar-refractivity contribution in [2.75, 3.05) is 27.2 Å². The molecule has 3 atom stereocenters. The van der Waals surface area contributed by atoms with Gasteiger partial charge in [-0.1, -0.05) is 25.1 Å². The number of hydrogen-bond acceptors (Lipinski definition) is 3. The van der Waals surface area contributed by atoms with Crippen LogP contribution in [0.4, 0.5) is 0 Å². The summed E-state index contributed by atoms with van der Waals surface area (Å²) in [6.07, 6.45) is 3.75. The number of likely N-dealkylation sites (N-methyl/N-ethyl adjacent to an activating group) is 1. The lowest BCUT2D eigenvalue weighted by Gasteiger charge is -2.45. The molecule has 3 unspecified atom stereocenters. The fraction of sp³-hybridized carbons (Fsp3) is 0.667. The van der Waals surface area contributed by atoms with Crippen molar-refractivity contribution in [2.45, 2.75) is 45.2 Å². The molecule has 0 radical (unpaired) electrons. The van der Waals surface area contributed by atoms with E-state index in [4.69, 9.17) is 4.74 Å². The summed E-state index contributed by atoms with van der Waals surface area (Å²) in [5, 5.41) is 3.50. The van der Waals surface area contributed by atoms with E-state index in [1.807, 2.05) is 6.07 Å². The number of hydrogen-bond donors (Lipinski definition) is 1. The summed E-state index contributed by atoms with van der Waals surface area (Å²) in [7, 11) is 4.04. The first-order chi connectivity index (χ1) is 10.2. The zero-order chi connectivity index (χ0) is 15.2. The van der Waals surface area contributed by atoms with Crippen LogP contribution < -0.4 is 10.1 Å². The van der Waals surface area contributed by atoms with Gasteiger partial charge in [-0.25, -0.2) is 0 Å². The van der Waals surface area contributed by atoms with Crippen molar-refractivity contribution in [3.8, 4) is 5.75 Å². The number of nitrogens with one attached hydrogen (secondary N) is 1. The van der Waals surface area contributed by atoms with Gasteiger partial charge in [0, 0.05) is 12.1 Å². The average molecular weight is 290 g/mol. The molecule has 1 aromatic rings. The standard InChI is InChI=1S/C18H30N2O/c1-5-19-13-16-10-11-17(16)20(3)14(2)12-15-8-6-7-9-18(15)21-4/h6-9,14,16-17,19H,5,10-13H2,1-4H3. The Morgan fingerprint density at radius 2 is 2.10 bits per heavy atom. The van der Waals surface area contributed by atoms with E-state index in [-0.39, 0.29) is 0 Å². The molecule has 0 aromatic heterocycles. The Morgan fingerprint density at radius 1 is 1.33 bits per heavy atom. The molecule has 0 bridgehead atoms. The summed E-state index contributed by atoms with van der Waals surface area (Å²) in [5.41, 5.74) is 1.31. The number of benzene rings is 1. The van der Waals surface area contributed by atoms with Gasteiger partial charge in [-0.15, -0.1) is 0 Å². The van der Waals surface area contributed by atoms with Crippen molar-refractivity contribution < 1.29 is 4.74 Å². The molecule has 1 saturated carbocycles. The van der Waals surface area contributed by atoms with Crippen LogP contribution in [0.2, 0.25) is 0 Å². The predicted octanol–water partition coefficient (Wildman–Crippen LogP) is 2.95. The lowest BCUT2D eigenvalue weighted by Crippen LogP contribution is -2.52. The van der Waals surface area contributed by atoms with Crippen molar-refractivity contribution in [1.82, 2.24) is 10.2 Å². The van der Waals surface area contributed by atoms with Gasteiger partial charge in [-0.2, -0.15) is 0 Å². The summed E-state index contributed by atoms with van der Waals surface area (Å²) in [4.78, 5) is 2.57. The van der Waals surface area contributed by atoms with Crippen LogP contribution in [-0.2, 0) is 6.42 Å². The third-order valence-corrected chi connectivity index (χ3v) is 4.96. The van der Waals surface area contributed by atoms with Crippen molar-refractivity contribution in [2.24, 2.45) is 5.92 Å². The first-order valence-electron chi connectivity index (χ1n) is 8.21. The summed E-state index contributed by atoms with van der Waals surface area (Å²) in [5.74, 6) is 1.82. The molecule has 0 amide bonds. The van der Waals surface area contributed by atoms with Crippen LogP contribution in [0.25, 0.3) is 0 Å². The molecule has 1 aliphatic rings. The highest BCUT2D eigenvalue weighted by Gasteiger charge is 2.35. The Hall–Kier alpha value is -1.06. The third-order valence-electron chi connectivity index (χ3n) is 4.96. The normalized spacial score (nSPS) is 22.9. The van der Waals surface area contributed by atoms with Crippen LogP contribution in [0.5, 0.6) is 5.75 Å². The minimum atomic E-state index is 0.538. The van der Waals surface area contributed by atoms with Crippen molar-refractivity contribution in [3.05, 3.63) is 29.8 Å². The molecule has 2 rings (SSSR count). The first-order valence-corrected chi connectivity index (χ1v) is 8.21. The molecule has 0 heterocycles. The van der Waals surface area contributed by atoms with Gasteiger partial charge in [0.05, 0.1) is 7.11 Å². The number of methoxy groups -OCH3 is 1. The highest BCUT2D eigenvalue weighted by atomic mass is 16.5. The van der Waals surface area contributed by atoms with Gasteiger partial charge < -0.3 is 15.0 Å². The van der Waals surface area contributed by atoms with E-state index >= 15 is 0 Å². The van der Waals surface area contributed by atoms with Crippen LogP contribution in [0.1, 0.15) is 32.3 Å². The molecular weight excluding hydrogens is 260 g/mol. The predicted molar refractivity (Wildman–Crippen MR) is 89.0 cm³/mol. The van der Waals surface area contributed by atoms with Gasteiger partial charge in [0.1, 0.15) is 5.75 Å². The fourth-order valence-corrected chi connectivity index (χ4v) is 3.32. The zero-order valence-electron chi connectivity index (χ0n) is 13.9. The molecule has 3 nitrogen and oxygen atoms in total.